The van der Waals surface area contributed by atoms with Gasteiger partial charge in [0, 0.05) is 11.9 Å². The maximum absolute atomic E-state index is 7.67. The van der Waals surface area contributed by atoms with Crippen molar-refractivity contribution >= 4 is 28.0 Å². The quantitative estimate of drug-likeness (QED) is 0.695. The highest BCUT2D eigenvalue weighted by Crippen LogP contribution is 2.21. The monoisotopic (exact) mass is 221 g/mol. The third kappa shape index (κ3) is 1.52. The van der Waals surface area contributed by atoms with Crippen LogP contribution in [-0.4, -0.2) is 16.0 Å². The summed E-state index contributed by atoms with van der Waals surface area (Å²) in [5.41, 5.74) is 2.54. The second-order valence-electron chi connectivity index (χ2n) is 3.97. The molecule has 0 radical (unpaired) electrons. The molecule has 2 N–H and O–H groups in total. The molecule has 0 amide bonds. The van der Waals surface area contributed by atoms with Crippen molar-refractivity contribution in [3.05, 3.63) is 54.8 Å². The molecule has 1 aromatic heterocycles. The Morgan fingerprint density at radius 1 is 0.882 bits per heavy atom. The van der Waals surface area contributed by atoms with E-state index < -0.39 is 0 Å². The lowest BCUT2D eigenvalue weighted by molar-refractivity contribution is 1.18. The molecule has 0 unspecified atom stereocenters. The number of rotatable bonds is 1. The van der Waals surface area contributed by atoms with Crippen molar-refractivity contribution in [1.82, 2.24) is 4.57 Å². The second kappa shape index (κ2) is 3.56. The first-order valence-electron chi connectivity index (χ1n) is 5.39. The fraction of sp³-hybridized carbons (Fsp3) is 0. The van der Waals surface area contributed by atoms with Gasteiger partial charge in [0.1, 0.15) is 0 Å². The maximum Gasteiger partial charge on any atom is 0.0810 e. The van der Waals surface area contributed by atoms with Crippen LogP contribution in [0.1, 0.15) is 0 Å². The highest BCUT2D eigenvalue weighted by atomic mass is 15.0. The van der Waals surface area contributed by atoms with Gasteiger partial charge in [0.05, 0.1) is 16.9 Å². The SMILES string of the molecule is N=C1C=CC(n2ccc3ccccc32)=CC1=N. The zero-order valence-corrected chi connectivity index (χ0v) is 9.14. The van der Waals surface area contributed by atoms with Crippen LogP contribution in [0, 0.1) is 10.8 Å². The molecule has 0 fully saturated rings. The molecule has 3 rings (SSSR count). The van der Waals surface area contributed by atoms with Gasteiger partial charge in [-0.05, 0) is 35.7 Å². The van der Waals surface area contributed by atoms with Crippen LogP contribution < -0.4 is 0 Å². The molecular weight excluding hydrogens is 210 g/mol. The van der Waals surface area contributed by atoms with Gasteiger partial charge in [-0.2, -0.15) is 0 Å². The highest BCUT2D eigenvalue weighted by molar-refractivity contribution is 6.50. The average Bonchev–Trinajstić information content (AvgIpc) is 2.76. The number of hydrogen-bond acceptors (Lipinski definition) is 2. The molecule has 1 heterocycles. The first kappa shape index (κ1) is 9.78. The average molecular weight is 221 g/mol. The Morgan fingerprint density at radius 3 is 2.53 bits per heavy atom. The fourth-order valence-corrected chi connectivity index (χ4v) is 1.99. The minimum Gasteiger partial charge on any atom is -0.316 e. The third-order valence-corrected chi connectivity index (χ3v) is 2.88. The zero-order chi connectivity index (χ0) is 11.8. The van der Waals surface area contributed by atoms with Crippen LogP contribution in [0.3, 0.4) is 0 Å². The number of benzene rings is 1. The van der Waals surface area contributed by atoms with Crippen LogP contribution in [0.15, 0.2) is 54.8 Å². The third-order valence-electron chi connectivity index (χ3n) is 2.88. The first-order valence-corrected chi connectivity index (χ1v) is 5.39. The standard InChI is InChI=1S/C14H11N3/c15-12-6-5-11(9-13(12)16)17-8-7-10-3-1-2-4-14(10)17/h1-9,15-16H. The molecule has 1 aliphatic rings. The molecule has 0 atom stereocenters. The van der Waals surface area contributed by atoms with E-state index in [2.05, 4.69) is 6.07 Å². The van der Waals surface area contributed by atoms with Crippen molar-refractivity contribution in [1.29, 1.82) is 10.8 Å². The zero-order valence-electron chi connectivity index (χ0n) is 9.14. The smallest absolute Gasteiger partial charge is 0.0810 e. The Hall–Kier alpha value is -2.42. The van der Waals surface area contributed by atoms with Crippen molar-refractivity contribution < 1.29 is 0 Å². The van der Waals surface area contributed by atoms with E-state index in [-0.39, 0.29) is 11.4 Å². The molecule has 1 aromatic carbocycles. The molecule has 0 aliphatic heterocycles. The van der Waals surface area contributed by atoms with Gasteiger partial charge in [-0.1, -0.05) is 18.2 Å². The van der Waals surface area contributed by atoms with Crippen molar-refractivity contribution in [3.63, 3.8) is 0 Å². The number of hydrogen-bond donors (Lipinski definition) is 2. The summed E-state index contributed by atoms with van der Waals surface area (Å²) in [6.07, 6.45) is 7.23. The van der Waals surface area contributed by atoms with Crippen LogP contribution in [0.25, 0.3) is 16.6 Å². The Balaban J connectivity index is 2.17. The van der Waals surface area contributed by atoms with Gasteiger partial charge in [0.25, 0.3) is 0 Å². The van der Waals surface area contributed by atoms with Gasteiger partial charge in [-0.25, -0.2) is 0 Å². The van der Waals surface area contributed by atoms with Crippen molar-refractivity contribution in [2.75, 3.05) is 0 Å². The predicted octanol–water partition coefficient (Wildman–Crippen LogP) is 3.09. The minimum atomic E-state index is 0.250. The van der Waals surface area contributed by atoms with Crippen molar-refractivity contribution in [2.45, 2.75) is 0 Å². The van der Waals surface area contributed by atoms with E-state index in [1.165, 1.54) is 5.39 Å². The summed E-state index contributed by atoms with van der Waals surface area (Å²) >= 11 is 0. The summed E-state index contributed by atoms with van der Waals surface area (Å²) < 4.78 is 2.03. The van der Waals surface area contributed by atoms with E-state index in [0.29, 0.717) is 0 Å². The number of allylic oxidation sites excluding steroid dienone is 4. The summed E-state index contributed by atoms with van der Waals surface area (Å²) in [7, 11) is 0. The topological polar surface area (TPSA) is 52.6 Å². The van der Waals surface area contributed by atoms with E-state index in [1.807, 2.05) is 41.1 Å². The molecule has 3 nitrogen and oxygen atoms in total. The number of nitrogens with zero attached hydrogens (tertiary/aromatic N) is 1. The van der Waals surface area contributed by atoms with E-state index >= 15 is 0 Å². The Morgan fingerprint density at radius 2 is 1.71 bits per heavy atom. The van der Waals surface area contributed by atoms with Crippen LogP contribution in [-0.2, 0) is 0 Å². The summed E-state index contributed by atoms with van der Waals surface area (Å²) in [5.74, 6) is 0. The summed E-state index contributed by atoms with van der Waals surface area (Å²) in [6.45, 7) is 0. The molecule has 0 saturated carbocycles. The highest BCUT2D eigenvalue weighted by Gasteiger charge is 2.09. The number of para-hydroxylation sites is 1. The molecule has 1 aliphatic carbocycles. The van der Waals surface area contributed by atoms with Gasteiger partial charge < -0.3 is 4.57 Å². The van der Waals surface area contributed by atoms with Crippen LogP contribution in [0.2, 0.25) is 0 Å². The van der Waals surface area contributed by atoms with E-state index in [9.17, 15) is 0 Å². The Bertz CT molecular complexity index is 686. The molecule has 17 heavy (non-hydrogen) atoms. The molecule has 0 spiro atoms. The van der Waals surface area contributed by atoms with Gasteiger partial charge in [-0.3, -0.25) is 10.8 Å². The summed E-state index contributed by atoms with van der Waals surface area (Å²) in [4.78, 5) is 0. The lowest BCUT2D eigenvalue weighted by atomic mass is 10.1. The van der Waals surface area contributed by atoms with Crippen LogP contribution >= 0.6 is 0 Å². The van der Waals surface area contributed by atoms with E-state index in [4.69, 9.17) is 10.8 Å². The molecule has 82 valence electrons. The van der Waals surface area contributed by atoms with E-state index in [1.54, 1.807) is 12.2 Å². The van der Waals surface area contributed by atoms with Crippen LogP contribution in [0.4, 0.5) is 0 Å². The van der Waals surface area contributed by atoms with Gasteiger partial charge in [0.2, 0.25) is 0 Å². The predicted molar refractivity (Wildman–Crippen MR) is 70.8 cm³/mol. The molecule has 2 aromatic rings. The minimum absolute atomic E-state index is 0.250. The maximum atomic E-state index is 7.67. The molecule has 0 bridgehead atoms. The Labute approximate surface area is 98.7 Å². The van der Waals surface area contributed by atoms with Gasteiger partial charge in [0.15, 0.2) is 0 Å². The largest absolute Gasteiger partial charge is 0.316 e. The molecule has 3 heteroatoms. The van der Waals surface area contributed by atoms with E-state index in [0.717, 1.165) is 11.2 Å². The fourth-order valence-electron chi connectivity index (χ4n) is 1.99. The first-order chi connectivity index (χ1) is 8.25. The second-order valence-corrected chi connectivity index (χ2v) is 3.97. The lowest BCUT2D eigenvalue weighted by Crippen LogP contribution is -2.11. The lowest BCUT2D eigenvalue weighted by Gasteiger charge is -2.11. The number of nitrogens with one attached hydrogen (secondary N) is 2. The van der Waals surface area contributed by atoms with Crippen molar-refractivity contribution in [3.8, 4) is 0 Å². The summed E-state index contributed by atoms with van der Waals surface area (Å²) in [5, 5.41) is 16.4. The summed E-state index contributed by atoms with van der Waals surface area (Å²) in [6, 6.07) is 10.2. The van der Waals surface area contributed by atoms with Crippen LogP contribution in [0.5, 0.6) is 0 Å². The number of aromatic nitrogens is 1. The number of fused-ring (bicyclic) bond motifs is 1. The Kier molecular flexibility index (Phi) is 2.05. The molecule has 0 saturated heterocycles. The van der Waals surface area contributed by atoms with Gasteiger partial charge in [-0.15, -0.1) is 0 Å². The van der Waals surface area contributed by atoms with Gasteiger partial charge >= 0.3 is 0 Å². The molecular formula is C14H11N3. The normalized spacial score (nSPS) is 15.4. The van der Waals surface area contributed by atoms with Crippen molar-refractivity contribution in [2.24, 2.45) is 0 Å².